The fourth-order valence-electron chi connectivity index (χ4n) is 3.96. The van der Waals surface area contributed by atoms with Gasteiger partial charge in [-0.05, 0) is 62.7 Å². The maximum absolute atomic E-state index is 13.9. The van der Waals surface area contributed by atoms with Crippen molar-refractivity contribution in [3.8, 4) is 11.5 Å². The fraction of sp³-hybridized carbons (Fsp3) is 0.310. The van der Waals surface area contributed by atoms with E-state index in [1.807, 2.05) is 6.92 Å². The molecule has 0 aliphatic carbocycles. The molecule has 2 amide bonds. The van der Waals surface area contributed by atoms with Gasteiger partial charge in [0, 0.05) is 19.2 Å². The molecule has 1 atom stereocenters. The smallest absolute Gasteiger partial charge is 0.264 e. The maximum Gasteiger partial charge on any atom is 0.264 e. The summed E-state index contributed by atoms with van der Waals surface area (Å²) in [5.74, 6) is 0.216. The minimum Gasteiger partial charge on any atom is -0.497 e. The van der Waals surface area contributed by atoms with Crippen LogP contribution in [0.2, 0.25) is 0 Å². The zero-order chi connectivity index (χ0) is 28.6. The van der Waals surface area contributed by atoms with Gasteiger partial charge in [-0.25, -0.2) is 8.42 Å². The summed E-state index contributed by atoms with van der Waals surface area (Å²) in [6.45, 7) is 5.24. The van der Waals surface area contributed by atoms with Crippen LogP contribution in [-0.2, 0) is 26.2 Å². The zero-order valence-electron chi connectivity index (χ0n) is 22.9. The van der Waals surface area contributed by atoms with Gasteiger partial charge in [-0.15, -0.1) is 0 Å². The number of methoxy groups -OCH3 is 2. The second-order valence-corrected chi connectivity index (χ2v) is 10.8. The lowest BCUT2D eigenvalue weighted by atomic mass is 10.1. The molecular weight excluding hydrogens is 518 g/mol. The van der Waals surface area contributed by atoms with E-state index in [9.17, 15) is 18.0 Å². The Kier molecular flexibility index (Phi) is 9.95. The number of ether oxygens (including phenoxy) is 2. The standard InChI is InChI=1S/C29H35N3O6S/c1-6-30-29(34)22(3)31(19-23-12-14-25(37-4)15-13-23)28(33)20-32(24-8-7-9-26(18-24)38-5)39(35,36)27-16-10-21(2)11-17-27/h7-18,22H,6,19-20H2,1-5H3,(H,30,34)/t22-/m0/s1. The van der Waals surface area contributed by atoms with E-state index in [0.717, 1.165) is 15.4 Å². The Labute approximate surface area is 230 Å². The van der Waals surface area contributed by atoms with Gasteiger partial charge in [0.2, 0.25) is 11.8 Å². The predicted octanol–water partition coefficient (Wildman–Crippen LogP) is 3.76. The zero-order valence-corrected chi connectivity index (χ0v) is 23.7. The van der Waals surface area contributed by atoms with Crippen LogP contribution in [0.5, 0.6) is 11.5 Å². The molecule has 0 aliphatic rings. The first-order valence-corrected chi connectivity index (χ1v) is 14.0. The summed E-state index contributed by atoms with van der Waals surface area (Å²) in [4.78, 5) is 28.1. The average molecular weight is 554 g/mol. The lowest BCUT2D eigenvalue weighted by Crippen LogP contribution is -2.51. The van der Waals surface area contributed by atoms with Crippen LogP contribution in [0.1, 0.15) is 25.0 Å². The molecule has 0 saturated carbocycles. The number of amides is 2. The van der Waals surface area contributed by atoms with E-state index in [1.165, 1.54) is 24.1 Å². The third-order valence-corrected chi connectivity index (χ3v) is 8.05. The Balaban J connectivity index is 2.03. The maximum atomic E-state index is 13.9. The first kappa shape index (κ1) is 29.5. The fourth-order valence-corrected chi connectivity index (χ4v) is 5.37. The van der Waals surface area contributed by atoms with Crippen molar-refractivity contribution in [2.24, 2.45) is 0 Å². The SMILES string of the molecule is CCNC(=O)[C@H](C)N(Cc1ccc(OC)cc1)C(=O)CN(c1cccc(OC)c1)S(=O)(=O)c1ccc(C)cc1. The number of sulfonamides is 1. The molecule has 3 aromatic carbocycles. The summed E-state index contributed by atoms with van der Waals surface area (Å²) in [5, 5.41) is 2.74. The second-order valence-electron chi connectivity index (χ2n) is 8.97. The average Bonchev–Trinajstić information content (AvgIpc) is 2.94. The number of aryl methyl sites for hydroxylation is 1. The van der Waals surface area contributed by atoms with E-state index in [2.05, 4.69) is 5.32 Å². The van der Waals surface area contributed by atoms with Crippen LogP contribution in [0.4, 0.5) is 5.69 Å². The number of anilines is 1. The third kappa shape index (κ3) is 7.29. The number of carbonyl (C=O) groups excluding carboxylic acids is 2. The lowest BCUT2D eigenvalue weighted by molar-refractivity contribution is -0.139. The number of nitrogens with one attached hydrogen (secondary N) is 1. The monoisotopic (exact) mass is 553 g/mol. The molecule has 0 spiro atoms. The van der Waals surface area contributed by atoms with E-state index in [1.54, 1.807) is 81.6 Å². The van der Waals surface area contributed by atoms with Gasteiger partial charge in [0.25, 0.3) is 10.0 Å². The molecule has 0 fully saturated rings. The number of likely N-dealkylation sites (N-methyl/N-ethyl adjacent to an activating group) is 1. The van der Waals surface area contributed by atoms with Gasteiger partial charge in [-0.3, -0.25) is 13.9 Å². The quantitative estimate of drug-likeness (QED) is 0.366. The number of hydrogen-bond donors (Lipinski definition) is 1. The number of hydrogen-bond acceptors (Lipinski definition) is 6. The van der Waals surface area contributed by atoms with Gasteiger partial charge in [0.15, 0.2) is 0 Å². The minimum absolute atomic E-state index is 0.0437. The van der Waals surface area contributed by atoms with Gasteiger partial charge < -0.3 is 19.7 Å². The first-order valence-electron chi connectivity index (χ1n) is 12.5. The van der Waals surface area contributed by atoms with E-state index in [0.29, 0.717) is 18.0 Å². The molecule has 0 aromatic heterocycles. The Morgan fingerprint density at radius 1 is 0.923 bits per heavy atom. The Hall–Kier alpha value is -4.05. The summed E-state index contributed by atoms with van der Waals surface area (Å²) >= 11 is 0. The summed E-state index contributed by atoms with van der Waals surface area (Å²) in [7, 11) is -1.11. The largest absolute Gasteiger partial charge is 0.497 e. The molecule has 3 rings (SSSR count). The highest BCUT2D eigenvalue weighted by molar-refractivity contribution is 7.92. The normalized spacial score (nSPS) is 11.8. The van der Waals surface area contributed by atoms with Gasteiger partial charge in [-0.2, -0.15) is 0 Å². The molecule has 0 heterocycles. The highest BCUT2D eigenvalue weighted by atomic mass is 32.2. The van der Waals surface area contributed by atoms with Gasteiger partial charge in [0.05, 0.1) is 24.8 Å². The molecule has 0 aliphatic heterocycles. The van der Waals surface area contributed by atoms with E-state index in [-0.39, 0.29) is 23.0 Å². The molecule has 1 N–H and O–H groups in total. The van der Waals surface area contributed by atoms with E-state index in [4.69, 9.17) is 9.47 Å². The topological polar surface area (TPSA) is 105 Å². The first-order chi connectivity index (χ1) is 18.6. The van der Waals surface area contributed by atoms with Crippen molar-refractivity contribution < 1.29 is 27.5 Å². The van der Waals surface area contributed by atoms with Gasteiger partial charge in [0.1, 0.15) is 24.1 Å². The number of benzene rings is 3. The molecule has 0 bridgehead atoms. The third-order valence-electron chi connectivity index (χ3n) is 6.26. The van der Waals surface area contributed by atoms with Crippen LogP contribution in [0, 0.1) is 6.92 Å². The van der Waals surface area contributed by atoms with Crippen LogP contribution in [0.25, 0.3) is 0 Å². The summed E-state index contributed by atoms with van der Waals surface area (Å²) in [6, 6.07) is 19.2. The minimum atomic E-state index is -4.15. The Bertz CT molecular complexity index is 1370. The summed E-state index contributed by atoms with van der Waals surface area (Å²) in [5.41, 5.74) is 1.92. The number of rotatable bonds is 12. The van der Waals surface area contributed by atoms with Gasteiger partial charge >= 0.3 is 0 Å². The highest BCUT2D eigenvalue weighted by Crippen LogP contribution is 2.28. The number of nitrogens with zero attached hydrogens (tertiary/aromatic N) is 2. The van der Waals surface area contributed by atoms with Crippen LogP contribution in [0.15, 0.2) is 77.7 Å². The molecule has 0 saturated heterocycles. The van der Waals surface area contributed by atoms with Crippen LogP contribution < -0.4 is 19.1 Å². The Morgan fingerprint density at radius 3 is 2.15 bits per heavy atom. The van der Waals surface area contributed by atoms with Crippen LogP contribution in [-0.4, -0.2) is 58.5 Å². The van der Waals surface area contributed by atoms with Crippen molar-refractivity contribution in [3.05, 3.63) is 83.9 Å². The van der Waals surface area contributed by atoms with Crippen molar-refractivity contribution in [3.63, 3.8) is 0 Å². The predicted molar refractivity (Wildman–Crippen MR) is 150 cm³/mol. The molecule has 0 unspecified atom stereocenters. The van der Waals surface area contributed by atoms with Crippen molar-refractivity contribution in [1.29, 1.82) is 0 Å². The summed E-state index contributed by atoms with van der Waals surface area (Å²) < 4.78 is 39.3. The molecule has 9 nitrogen and oxygen atoms in total. The molecular formula is C29H35N3O6S. The summed E-state index contributed by atoms with van der Waals surface area (Å²) in [6.07, 6.45) is 0. The van der Waals surface area contributed by atoms with E-state index >= 15 is 0 Å². The van der Waals surface area contributed by atoms with Crippen molar-refractivity contribution in [2.45, 2.75) is 38.3 Å². The van der Waals surface area contributed by atoms with E-state index < -0.39 is 28.5 Å². The molecule has 39 heavy (non-hydrogen) atoms. The van der Waals surface area contributed by atoms with Crippen LogP contribution in [0.3, 0.4) is 0 Å². The van der Waals surface area contributed by atoms with Crippen molar-refractivity contribution >= 4 is 27.5 Å². The van der Waals surface area contributed by atoms with Crippen molar-refractivity contribution in [1.82, 2.24) is 10.2 Å². The molecule has 10 heteroatoms. The molecule has 208 valence electrons. The molecule has 0 radical (unpaired) electrons. The van der Waals surface area contributed by atoms with Crippen LogP contribution >= 0.6 is 0 Å². The van der Waals surface area contributed by atoms with Gasteiger partial charge in [-0.1, -0.05) is 35.9 Å². The highest BCUT2D eigenvalue weighted by Gasteiger charge is 2.32. The lowest BCUT2D eigenvalue weighted by Gasteiger charge is -2.32. The second kappa shape index (κ2) is 13.1. The Morgan fingerprint density at radius 2 is 1.56 bits per heavy atom. The number of carbonyl (C=O) groups is 2. The molecule has 3 aromatic rings. The van der Waals surface area contributed by atoms with Crippen molar-refractivity contribution in [2.75, 3.05) is 31.6 Å².